The predicted molar refractivity (Wildman–Crippen MR) is 80.6 cm³/mol. The highest BCUT2D eigenvalue weighted by Gasteiger charge is 2.35. The average Bonchev–Trinajstić information content (AvgIpc) is 2.95. The van der Waals surface area contributed by atoms with Gasteiger partial charge < -0.3 is 15.2 Å². The van der Waals surface area contributed by atoms with Gasteiger partial charge in [0.1, 0.15) is 23.4 Å². The van der Waals surface area contributed by atoms with Gasteiger partial charge in [-0.15, -0.1) is 0 Å². The van der Waals surface area contributed by atoms with E-state index in [9.17, 15) is 17.6 Å². The Balaban J connectivity index is 2.14. The summed E-state index contributed by atoms with van der Waals surface area (Å²) < 4.78 is 63.9. The number of ether oxygens (including phenoxy) is 2. The zero-order valence-corrected chi connectivity index (χ0v) is 12.8. The smallest absolute Gasteiger partial charge is 0.419 e. The summed E-state index contributed by atoms with van der Waals surface area (Å²) in [5, 5.41) is 0. The molecule has 0 amide bonds. The normalized spacial score (nSPS) is 16.7. The fraction of sp³-hybridized carbons (Fsp3) is 0.294. The maximum atomic E-state index is 13.9. The molecule has 2 N–H and O–H groups in total. The number of fused-ring (bicyclic) bond motifs is 1. The van der Waals surface area contributed by atoms with Crippen molar-refractivity contribution in [1.29, 1.82) is 0 Å². The van der Waals surface area contributed by atoms with Crippen molar-refractivity contribution in [1.82, 2.24) is 0 Å². The van der Waals surface area contributed by atoms with Gasteiger partial charge in [0, 0.05) is 24.1 Å². The molecule has 3 rings (SSSR count). The van der Waals surface area contributed by atoms with Crippen LogP contribution in [0.2, 0.25) is 0 Å². The molecular formula is C17H15F4NO2. The number of rotatable bonds is 3. The molecule has 0 radical (unpaired) electrons. The van der Waals surface area contributed by atoms with E-state index >= 15 is 0 Å². The minimum atomic E-state index is -4.58. The first-order valence-electron chi connectivity index (χ1n) is 7.28. The van der Waals surface area contributed by atoms with E-state index in [-0.39, 0.29) is 29.5 Å². The van der Waals surface area contributed by atoms with Crippen LogP contribution < -0.4 is 15.2 Å². The minimum Gasteiger partial charge on any atom is -0.496 e. The first kappa shape index (κ1) is 16.6. The maximum Gasteiger partial charge on any atom is 0.419 e. The van der Waals surface area contributed by atoms with Crippen LogP contribution in [0.25, 0.3) is 11.1 Å². The van der Waals surface area contributed by atoms with Crippen LogP contribution in [0.15, 0.2) is 30.3 Å². The standard InChI is InChI=1S/C17H15F4NO2/c1-23-15-3-2-9(6-14(15)17(19,20)21)13-7-11(18)4-10-5-12(8-22)24-16(10)13/h2-4,6-7,12H,5,8,22H2,1H3/t12-/m0/s1. The zero-order chi connectivity index (χ0) is 17.5. The van der Waals surface area contributed by atoms with Gasteiger partial charge in [0.05, 0.1) is 12.7 Å². The molecule has 1 aliphatic heterocycles. The highest BCUT2D eigenvalue weighted by Crippen LogP contribution is 2.43. The van der Waals surface area contributed by atoms with E-state index < -0.39 is 17.6 Å². The highest BCUT2D eigenvalue weighted by atomic mass is 19.4. The Kier molecular flexibility index (Phi) is 4.13. The number of halogens is 4. The summed E-state index contributed by atoms with van der Waals surface area (Å²) in [5.74, 6) is -0.445. The summed E-state index contributed by atoms with van der Waals surface area (Å²) >= 11 is 0. The lowest BCUT2D eigenvalue weighted by Gasteiger charge is -2.15. The average molecular weight is 341 g/mol. The molecule has 0 saturated carbocycles. The molecule has 24 heavy (non-hydrogen) atoms. The Hall–Kier alpha value is -2.28. The van der Waals surface area contributed by atoms with Crippen LogP contribution in [0.3, 0.4) is 0 Å². The van der Waals surface area contributed by atoms with Gasteiger partial charge >= 0.3 is 6.18 Å². The van der Waals surface area contributed by atoms with Gasteiger partial charge in [-0.25, -0.2) is 4.39 Å². The zero-order valence-electron chi connectivity index (χ0n) is 12.8. The molecular weight excluding hydrogens is 326 g/mol. The van der Waals surface area contributed by atoms with E-state index in [0.717, 1.165) is 6.07 Å². The number of hydrogen-bond donors (Lipinski definition) is 1. The van der Waals surface area contributed by atoms with E-state index in [2.05, 4.69) is 0 Å². The quantitative estimate of drug-likeness (QED) is 0.864. The number of hydrogen-bond acceptors (Lipinski definition) is 3. The molecule has 2 aromatic carbocycles. The van der Waals surface area contributed by atoms with Crippen molar-refractivity contribution < 1.29 is 27.0 Å². The SMILES string of the molecule is COc1ccc(-c2cc(F)cc3c2O[C@H](CN)C3)cc1C(F)(F)F. The molecule has 7 heteroatoms. The molecule has 1 heterocycles. The topological polar surface area (TPSA) is 44.5 Å². The second-order valence-electron chi connectivity index (χ2n) is 5.53. The Morgan fingerprint density at radius 2 is 2.00 bits per heavy atom. The first-order valence-corrected chi connectivity index (χ1v) is 7.28. The van der Waals surface area contributed by atoms with Crippen LogP contribution in [0.5, 0.6) is 11.5 Å². The molecule has 1 atom stereocenters. The van der Waals surface area contributed by atoms with Gasteiger partial charge in [0.15, 0.2) is 0 Å². The number of alkyl halides is 3. The van der Waals surface area contributed by atoms with Gasteiger partial charge in [0.2, 0.25) is 0 Å². The largest absolute Gasteiger partial charge is 0.496 e. The molecule has 0 spiro atoms. The lowest BCUT2D eigenvalue weighted by molar-refractivity contribution is -0.138. The molecule has 0 unspecified atom stereocenters. The van der Waals surface area contributed by atoms with E-state index in [4.69, 9.17) is 15.2 Å². The lowest BCUT2D eigenvalue weighted by Crippen LogP contribution is -2.24. The number of nitrogens with two attached hydrogens (primary N) is 1. The summed E-state index contributed by atoms with van der Waals surface area (Å²) in [6.07, 6.45) is -4.46. The fourth-order valence-corrected chi connectivity index (χ4v) is 2.84. The third-order valence-electron chi connectivity index (χ3n) is 3.94. The Bertz CT molecular complexity index is 774. The molecule has 1 aliphatic rings. The van der Waals surface area contributed by atoms with E-state index in [1.54, 1.807) is 0 Å². The van der Waals surface area contributed by atoms with Crippen molar-refractivity contribution in [2.45, 2.75) is 18.7 Å². The van der Waals surface area contributed by atoms with E-state index in [1.165, 1.54) is 31.4 Å². The minimum absolute atomic E-state index is 0.205. The van der Waals surface area contributed by atoms with Gasteiger partial charge in [-0.3, -0.25) is 0 Å². The van der Waals surface area contributed by atoms with Crippen molar-refractivity contribution in [3.63, 3.8) is 0 Å². The van der Waals surface area contributed by atoms with Crippen molar-refractivity contribution in [3.05, 3.63) is 47.3 Å². The van der Waals surface area contributed by atoms with E-state index in [0.29, 0.717) is 17.7 Å². The number of benzene rings is 2. The monoisotopic (exact) mass is 341 g/mol. The Morgan fingerprint density at radius 1 is 1.25 bits per heavy atom. The van der Waals surface area contributed by atoms with E-state index in [1.807, 2.05) is 0 Å². The third kappa shape index (κ3) is 2.91. The predicted octanol–water partition coefficient (Wildman–Crippen LogP) is 3.78. The van der Waals surface area contributed by atoms with Crippen LogP contribution in [-0.4, -0.2) is 19.8 Å². The summed E-state index contributed by atoms with van der Waals surface area (Å²) in [6, 6.07) is 6.09. The summed E-state index contributed by atoms with van der Waals surface area (Å²) in [4.78, 5) is 0. The van der Waals surface area contributed by atoms with Crippen LogP contribution in [-0.2, 0) is 12.6 Å². The van der Waals surface area contributed by atoms with Crippen molar-refractivity contribution >= 4 is 0 Å². The lowest BCUT2D eigenvalue weighted by atomic mass is 9.98. The van der Waals surface area contributed by atoms with Crippen molar-refractivity contribution in [2.75, 3.05) is 13.7 Å². The molecule has 0 saturated heterocycles. The van der Waals surface area contributed by atoms with Crippen molar-refractivity contribution in [2.24, 2.45) is 5.73 Å². The molecule has 0 fully saturated rings. The van der Waals surface area contributed by atoms with Gasteiger partial charge in [-0.2, -0.15) is 13.2 Å². The second kappa shape index (κ2) is 5.98. The van der Waals surface area contributed by atoms with Gasteiger partial charge in [-0.1, -0.05) is 6.07 Å². The number of methoxy groups -OCH3 is 1. The van der Waals surface area contributed by atoms with Crippen LogP contribution in [0.1, 0.15) is 11.1 Å². The fourth-order valence-electron chi connectivity index (χ4n) is 2.84. The molecule has 128 valence electrons. The molecule has 2 aromatic rings. The van der Waals surface area contributed by atoms with Crippen LogP contribution in [0, 0.1) is 5.82 Å². The van der Waals surface area contributed by atoms with Crippen LogP contribution >= 0.6 is 0 Å². The second-order valence-corrected chi connectivity index (χ2v) is 5.53. The molecule has 0 aromatic heterocycles. The van der Waals surface area contributed by atoms with Gasteiger partial charge in [0.25, 0.3) is 0 Å². The molecule has 0 aliphatic carbocycles. The van der Waals surface area contributed by atoms with Gasteiger partial charge in [-0.05, 0) is 29.8 Å². The maximum absolute atomic E-state index is 13.9. The van der Waals surface area contributed by atoms with Crippen LogP contribution in [0.4, 0.5) is 17.6 Å². The van der Waals surface area contributed by atoms with Crippen molar-refractivity contribution in [3.8, 4) is 22.6 Å². The summed E-state index contributed by atoms with van der Waals surface area (Å²) in [7, 11) is 1.17. The summed E-state index contributed by atoms with van der Waals surface area (Å²) in [6.45, 7) is 0.242. The molecule has 3 nitrogen and oxygen atoms in total. The third-order valence-corrected chi connectivity index (χ3v) is 3.94. The Morgan fingerprint density at radius 3 is 2.62 bits per heavy atom. The Labute approximate surface area is 136 Å². The highest BCUT2D eigenvalue weighted by molar-refractivity contribution is 5.74. The molecule has 0 bridgehead atoms. The first-order chi connectivity index (χ1) is 11.3. The summed E-state index contributed by atoms with van der Waals surface area (Å²) in [5.41, 5.74) is 5.73.